The van der Waals surface area contributed by atoms with Gasteiger partial charge in [-0.05, 0) is 42.7 Å². The maximum absolute atomic E-state index is 12.5. The fourth-order valence-electron chi connectivity index (χ4n) is 3.49. The van der Waals surface area contributed by atoms with E-state index in [2.05, 4.69) is 24.2 Å². The van der Waals surface area contributed by atoms with Crippen LogP contribution < -0.4 is 10.2 Å². The largest absolute Gasteiger partial charge is 0.493 e. The first-order valence-corrected chi connectivity index (χ1v) is 10.8. The highest BCUT2D eigenvalue weighted by Gasteiger charge is 2.20. The molecule has 4 rings (SSSR count). The fraction of sp³-hybridized carbons (Fsp3) is 0.208. The van der Waals surface area contributed by atoms with Gasteiger partial charge < -0.3 is 10.4 Å². The molecule has 0 radical (unpaired) electrons. The second-order valence-corrected chi connectivity index (χ2v) is 8.73. The minimum absolute atomic E-state index is 0.218. The van der Waals surface area contributed by atoms with E-state index < -0.39 is 4.87 Å². The summed E-state index contributed by atoms with van der Waals surface area (Å²) >= 11 is 0.904. The minimum Gasteiger partial charge on any atom is -0.493 e. The molecule has 1 amide bonds. The van der Waals surface area contributed by atoms with E-state index >= 15 is 0 Å². The van der Waals surface area contributed by atoms with Gasteiger partial charge in [0.2, 0.25) is 11.8 Å². The lowest BCUT2D eigenvalue weighted by molar-refractivity contribution is -0.116. The standard InChI is InChI=1S/C24H23N3O3S/c1-14(2)16-8-10-17(11-9-16)26-22(28)13-27-23(29)21(31-24(27)30)12-19-15(3)25-20-7-5-4-6-18(19)20/h4-12,14,29H,13H2,1-3H3,(H,26,28). The number of carbonyl (C=O) groups is 1. The highest BCUT2D eigenvalue weighted by Crippen LogP contribution is 2.37. The Hall–Kier alpha value is -3.45. The Morgan fingerprint density at radius 3 is 2.61 bits per heavy atom. The van der Waals surface area contributed by atoms with Crippen LogP contribution in [0.2, 0.25) is 0 Å². The number of hydrogen-bond donors (Lipinski definition) is 2. The van der Waals surface area contributed by atoms with Crippen LogP contribution in [0.4, 0.5) is 11.4 Å². The molecule has 0 bridgehead atoms. The average Bonchev–Trinajstić information content (AvgIpc) is 3.19. The topological polar surface area (TPSA) is 83.7 Å². The van der Waals surface area contributed by atoms with Crippen molar-refractivity contribution in [3.8, 4) is 5.88 Å². The number of aromatic hydroxyl groups is 1. The molecule has 0 unspecified atom stereocenters. The Bertz CT molecular complexity index is 1260. The van der Waals surface area contributed by atoms with Crippen molar-refractivity contribution in [3.05, 3.63) is 74.2 Å². The van der Waals surface area contributed by atoms with E-state index in [4.69, 9.17) is 0 Å². The van der Waals surface area contributed by atoms with E-state index in [1.54, 1.807) is 6.08 Å². The highest BCUT2D eigenvalue weighted by molar-refractivity contribution is 7.10. The lowest BCUT2D eigenvalue weighted by atomic mass is 10.0. The van der Waals surface area contributed by atoms with Crippen LogP contribution in [0.15, 0.2) is 58.3 Å². The quantitative estimate of drug-likeness (QED) is 0.592. The van der Waals surface area contributed by atoms with E-state index in [1.807, 2.05) is 55.5 Å². The Morgan fingerprint density at radius 2 is 1.90 bits per heavy atom. The molecule has 0 saturated heterocycles. The first kappa shape index (κ1) is 20.8. The van der Waals surface area contributed by atoms with Crippen molar-refractivity contribution in [2.45, 2.75) is 33.2 Å². The van der Waals surface area contributed by atoms with Crippen molar-refractivity contribution in [1.82, 2.24) is 4.57 Å². The smallest absolute Gasteiger partial charge is 0.311 e. The first-order chi connectivity index (χ1) is 14.8. The van der Waals surface area contributed by atoms with E-state index in [0.29, 0.717) is 16.5 Å². The molecule has 6 nitrogen and oxygen atoms in total. The predicted octanol–water partition coefficient (Wildman–Crippen LogP) is 5.02. The summed E-state index contributed by atoms with van der Waals surface area (Å²) in [6.45, 7) is 5.83. The number of thiazole rings is 1. The minimum atomic E-state index is -0.393. The molecule has 0 fully saturated rings. The van der Waals surface area contributed by atoms with Crippen LogP contribution in [0.3, 0.4) is 0 Å². The van der Waals surface area contributed by atoms with Crippen LogP contribution in [-0.4, -0.2) is 21.3 Å². The number of aliphatic imine (C=N–C) groups is 1. The fourth-order valence-corrected chi connectivity index (χ4v) is 4.32. The van der Waals surface area contributed by atoms with Gasteiger partial charge in [-0.25, -0.2) is 0 Å². The van der Waals surface area contributed by atoms with Gasteiger partial charge in [0, 0.05) is 22.5 Å². The number of nitrogens with one attached hydrogen (secondary N) is 1. The zero-order valence-electron chi connectivity index (χ0n) is 17.5. The summed E-state index contributed by atoms with van der Waals surface area (Å²) in [4.78, 5) is 29.4. The van der Waals surface area contributed by atoms with Crippen LogP contribution in [-0.2, 0) is 11.3 Å². The molecule has 1 aromatic heterocycles. The zero-order valence-corrected chi connectivity index (χ0v) is 18.4. The maximum Gasteiger partial charge on any atom is 0.311 e. The summed E-state index contributed by atoms with van der Waals surface area (Å²) in [6, 6.07) is 15.3. The van der Waals surface area contributed by atoms with Crippen molar-refractivity contribution in [2.24, 2.45) is 4.99 Å². The lowest BCUT2D eigenvalue weighted by Crippen LogP contribution is -2.24. The first-order valence-electron chi connectivity index (χ1n) is 10.0. The summed E-state index contributed by atoms with van der Waals surface area (Å²) in [5.74, 6) is -0.195. The van der Waals surface area contributed by atoms with Crippen LogP contribution in [0, 0.1) is 0 Å². The van der Waals surface area contributed by atoms with Crippen LogP contribution in [0.25, 0.3) is 11.6 Å². The van der Waals surface area contributed by atoms with Gasteiger partial charge in [-0.15, -0.1) is 0 Å². The normalized spacial score (nSPS) is 14.1. The molecule has 1 aliphatic rings. The summed E-state index contributed by atoms with van der Waals surface area (Å²) in [5, 5.41) is 13.4. The predicted molar refractivity (Wildman–Crippen MR) is 126 cm³/mol. The number of carbonyl (C=O) groups excluding carboxylic acids is 1. The molecule has 0 saturated carbocycles. The van der Waals surface area contributed by atoms with Crippen molar-refractivity contribution < 1.29 is 9.90 Å². The molecule has 0 atom stereocenters. The van der Waals surface area contributed by atoms with Gasteiger partial charge in [0.25, 0.3) is 0 Å². The van der Waals surface area contributed by atoms with Crippen molar-refractivity contribution in [2.75, 3.05) is 5.32 Å². The molecule has 0 aliphatic carbocycles. The summed E-state index contributed by atoms with van der Waals surface area (Å²) in [7, 11) is 0. The van der Waals surface area contributed by atoms with Gasteiger partial charge in [0.05, 0.1) is 10.6 Å². The monoisotopic (exact) mass is 433 g/mol. The van der Waals surface area contributed by atoms with Crippen LogP contribution in [0.1, 0.15) is 42.7 Å². The molecule has 1 aliphatic heterocycles. The highest BCUT2D eigenvalue weighted by atomic mass is 32.1. The number of allylic oxidation sites excluding steroid dienone is 1. The molecular formula is C24H23N3O3S. The summed E-state index contributed by atoms with van der Waals surface area (Å²) in [5.41, 5.74) is 5.31. The summed E-state index contributed by atoms with van der Waals surface area (Å²) in [6.07, 6.45) is 1.76. The van der Waals surface area contributed by atoms with Crippen molar-refractivity contribution in [3.63, 3.8) is 0 Å². The van der Waals surface area contributed by atoms with Gasteiger partial charge in [0.1, 0.15) is 6.54 Å². The third-order valence-electron chi connectivity index (χ3n) is 5.20. The molecule has 0 spiro atoms. The Labute approximate surface area is 184 Å². The Kier molecular flexibility index (Phi) is 5.61. The number of para-hydroxylation sites is 1. The Balaban J connectivity index is 1.54. The molecule has 31 heavy (non-hydrogen) atoms. The molecule has 3 aromatic rings. The van der Waals surface area contributed by atoms with E-state index in [-0.39, 0.29) is 18.3 Å². The molecular weight excluding hydrogens is 410 g/mol. The number of nitrogens with zero attached hydrogens (tertiary/aromatic N) is 2. The summed E-state index contributed by atoms with van der Waals surface area (Å²) < 4.78 is 1.09. The van der Waals surface area contributed by atoms with Crippen molar-refractivity contribution in [1.29, 1.82) is 0 Å². The van der Waals surface area contributed by atoms with Crippen molar-refractivity contribution >= 4 is 46.0 Å². The van der Waals surface area contributed by atoms with Gasteiger partial charge in [-0.3, -0.25) is 19.1 Å². The van der Waals surface area contributed by atoms with Gasteiger partial charge in [-0.2, -0.15) is 0 Å². The average molecular weight is 434 g/mol. The number of fused-ring (bicyclic) bond motifs is 1. The second-order valence-electron chi connectivity index (χ2n) is 7.74. The van der Waals surface area contributed by atoms with E-state index in [0.717, 1.165) is 38.4 Å². The second kappa shape index (κ2) is 8.35. The lowest BCUT2D eigenvalue weighted by Gasteiger charge is -2.09. The molecule has 158 valence electrons. The maximum atomic E-state index is 12.5. The van der Waals surface area contributed by atoms with E-state index in [1.165, 1.54) is 5.56 Å². The number of rotatable bonds is 5. The third kappa shape index (κ3) is 4.22. The number of hydrogen-bond acceptors (Lipinski definition) is 5. The van der Waals surface area contributed by atoms with Crippen LogP contribution >= 0.6 is 11.3 Å². The Morgan fingerprint density at radius 1 is 1.19 bits per heavy atom. The zero-order chi connectivity index (χ0) is 22.1. The van der Waals surface area contributed by atoms with Gasteiger partial charge in [-0.1, -0.05) is 55.5 Å². The molecule has 2 heterocycles. The van der Waals surface area contributed by atoms with Gasteiger partial charge >= 0.3 is 4.87 Å². The van der Waals surface area contributed by atoms with Gasteiger partial charge in [0.15, 0.2) is 0 Å². The number of amides is 1. The van der Waals surface area contributed by atoms with Crippen LogP contribution in [0.5, 0.6) is 5.88 Å². The number of aromatic nitrogens is 1. The molecule has 7 heteroatoms. The SMILES string of the molecule is CC1=Nc2ccccc2C1=Cc1sc(=O)n(CC(=O)Nc2ccc(C(C)C)cc2)c1O. The molecule has 2 aromatic carbocycles. The number of anilines is 1. The van der Waals surface area contributed by atoms with E-state index in [9.17, 15) is 14.7 Å². The number of benzene rings is 2. The molecule has 2 N–H and O–H groups in total. The third-order valence-corrected chi connectivity index (χ3v) is 6.12.